The van der Waals surface area contributed by atoms with E-state index in [1.807, 2.05) is 26.0 Å². The van der Waals surface area contributed by atoms with Gasteiger partial charge >= 0.3 is 0 Å². The molecule has 0 aliphatic carbocycles. The first-order valence-corrected chi connectivity index (χ1v) is 5.47. The van der Waals surface area contributed by atoms with Crippen LogP contribution in [0.1, 0.15) is 68.9 Å². The van der Waals surface area contributed by atoms with Gasteiger partial charge in [0.2, 0.25) is 0 Å². The zero-order valence-electron chi connectivity index (χ0n) is 9.69. The fourth-order valence-electron chi connectivity index (χ4n) is 1.17. The molecular formula is C16H35NO2. The molecule has 116 valence electrons. The minimum atomic E-state index is -0.371. The topological polar surface area (TPSA) is 43.1 Å². The summed E-state index contributed by atoms with van der Waals surface area (Å²) >= 11 is 0. The number of aryl methyl sites for hydroxylation is 1. The Hall–Kier alpha value is -1.38. The number of hydrogen-bond acceptors (Lipinski definition) is 2. The summed E-state index contributed by atoms with van der Waals surface area (Å²) in [6, 6.07) is 6.78. The Balaban J connectivity index is -0.000000104. The molecule has 0 fully saturated rings. The first kappa shape index (κ1) is 30.6. The monoisotopic (exact) mass is 273 g/mol. The lowest BCUT2D eigenvalue weighted by atomic mass is 10.1. The third-order valence-electron chi connectivity index (χ3n) is 1.97. The molecule has 0 spiro atoms. The molecule has 0 unspecified atom stereocenters. The Morgan fingerprint density at radius 1 is 1.00 bits per heavy atom. The van der Waals surface area contributed by atoms with Crippen LogP contribution < -0.4 is 0 Å². The average Bonchev–Trinajstić information content (AvgIpc) is 2.29. The van der Waals surface area contributed by atoms with Crippen molar-refractivity contribution in [3.8, 4) is 0 Å². The second-order valence-corrected chi connectivity index (χ2v) is 3.03. The van der Waals surface area contributed by atoms with Crippen molar-refractivity contribution in [2.24, 2.45) is 0 Å². The van der Waals surface area contributed by atoms with Crippen LogP contribution in [0.4, 0.5) is 5.69 Å². The maximum atomic E-state index is 10.3. The van der Waals surface area contributed by atoms with Crippen LogP contribution in [-0.4, -0.2) is 4.92 Å². The average molecular weight is 273 g/mol. The van der Waals surface area contributed by atoms with Crippen molar-refractivity contribution in [1.29, 1.82) is 0 Å². The fourth-order valence-corrected chi connectivity index (χ4v) is 1.17. The molecule has 0 heterocycles. The number of unbranched alkanes of at least 4 members (excludes halogenated alkanes) is 1. The maximum absolute atomic E-state index is 10.3. The van der Waals surface area contributed by atoms with Gasteiger partial charge < -0.3 is 0 Å². The number of rotatable bonds is 4. The molecule has 0 amide bonds. The predicted molar refractivity (Wildman–Crippen MR) is 90.0 cm³/mol. The predicted octanol–water partition coefficient (Wildman–Crippen LogP) is 6.51. The summed E-state index contributed by atoms with van der Waals surface area (Å²) in [5, 5.41) is 10.3. The zero-order valence-corrected chi connectivity index (χ0v) is 9.69. The van der Waals surface area contributed by atoms with E-state index < -0.39 is 0 Å². The van der Waals surface area contributed by atoms with E-state index in [2.05, 4.69) is 6.92 Å². The third kappa shape index (κ3) is 12.9. The van der Waals surface area contributed by atoms with Gasteiger partial charge in [-0.1, -0.05) is 69.0 Å². The van der Waals surface area contributed by atoms with E-state index in [1.54, 1.807) is 12.1 Å². The minimum absolute atomic E-state index is 0. The molecule has 0 aliphatic heterocycles. The van der Waals surface area contributed by atoms with Crippen LogP contribution in [0.3, 0.4) is 0 Å². The van der Waals surface area contributed by atoms with Gasteiger partial charge in [0.15, 0.2) is 0 Å². The van der Waals surface area contributed by atoms with Crippen LogP contribution in [0, 0.1) is 10.1 Å². The first-order chi connectivity index (χ1) is 7.24. The molecule has 0 saturated carbocycles. The third-order valence-corrected chi connectivity index (χ3v) is 1.97. The Bertz CT molecular complexity index is 281. The van der Waals surface area contributed by atoms with Crippen molar-refractivity contribution >= 4 is 5.69 Å². The molecule has 0 saturated heterocycles. The van der Waals surface area contributed by atoms with Crippen LogP contribution in [0.2, 0.25) is 0 Å². The Morgan fingerprint density at radius 3 is 1.74 bits per heavy atom. The first-order valence-electron chi connectivity index (χ1n) is 5.47. The van der Waals surface area contributed by atoms with E-state index in [0.29, 0.717) is 0 Å². The minimum Gasteiger partial charge on any atom is -0.258 e. The number of non-ortho nitro benzene ring substituents is 1. The van der Waals surface area contributed by atoms with E-state index >= 15 is 0 Å². The van der Waals surface area contributed by atoms with Gasteiger partial charge in [-0.25, -0.2) is 0 Å². The van der Waals surface area contributed by atoms with Gasteiger partial charge in [-0.15, -0.1) is 0 Å². The number of benzene rings is 1. The van der Waals surface area contributed by atoms with Gasteiger partial charge in [-0.3, -0.25) is 10.1 Å². The van der Waals surface area contributed by atoms with Crippen molar-refractivity contribution in [2.45, 2.75) is 69.7 Å². The normalized spacial score (nSPS) is 7.11. The van der Waals surface area contributed by atoms with Gasteiger partial charge in [-0.05, 0) is 18.4 Å². The fraction of sp³-hybridized carbons (Fsp3) is 0.625. The van der Waals surface area contributed by atoms with Gasteiger partial charge in [0.1, 0.15) is 0 Å². The van der Waals surface area contributed by atoms with E-state index in [-0.39, 0.29) is 40.3 Å². The van der Waals surface area contributed by atoms with Crippen LogP contribution in [0.25, 0.3) is 0 Å². The summed E-state index contributed by atoms with van der Waals surface area (Å²) in [5.41, 5.74) is 1.34. The molecule has 0 bridgehead atoms. The smallest absolute Gasteiger partial charge is 0.258 e. The zero-order chi connectivity index (χ0) is 11.7. The van der Waals surface area contributed by atoms with Gasteiger partial charge in [0.05, 0.1) is 4.92 Å². The molecule has 0 radical (unpaired) electrons. The largest absolute Gasteiger partial charge is 0.269 e. The van der Waals surface area contributed by atoms with E-state index in [1.165, 1.54) is 5.56 Å². The highest BCUT2D eigenvalue weighted by Gasteiger charge is 2.02. The van der Waals surface area contributed by atoms with E-state index in [0.717, 1.165) is 19.3 Å². The lowest BCUT2D eigenvalue weighted by Crippen LogP contribution is -1.89. The lowest BCUT2D eigenvalue weighted by molar-refractivity contribution is -0.384. The number of nitro groups is 1. The molecule has 3 nitrogen and oxygen atoms in total. The van der Waals surface area contributed by atoms with Crippen molar-refractivity contribution < 1.29 is 4.92 Å². The maximum Gasteiger partial charge on any atom is 0.269 e. The Labute approximate surface area is 121 Å². The second-order valence-electron chi connectivity index (χ2n) is 3.03. The standard InChI is InChI=1S/C10H13NO2.C2H6.4CH4/c1-2-3-4-9-5-7-10(8-6-9)11(12)13;1-2;;;;/h5-8H,2-4H2,1H3;1-2H3;4*1H4. The lowest BCUT2D eigenvalue weighted by Gasteiger charge is -1.98. The summed E-state index contributed by atoms with van der Waals surface area (Å²) < 4.78 is 0. The quantitative estimate of drug-likeness (QED) is 0.463. The molecule has 1 aromatic rings. The van der Waals surface area contributed by atoms with E-state index in [4.69, 9.17) is 0 Å². The molecule has 1 aromatic carbocycles. The van der Waals surface area contributed by atoms with Crippen molar-refractivity contribution in [3.05, 3.63) is 39.9 Å². The van der Waals surface area contributed by atoms with Gasteiger partial charge in [-0.2, -0.15) is 0 Å². The number of nitro benzene ring substituents is 1. The molecule has 0 N–H and O–H groups in total. The molecule has 0 atom stereocenters. The Kier molecular flexibility index (Phi) is 30.5. The van der Waals surface area contributed by atoms with Crippen molar-refractivity contribution in [2.75, 3.05) is 0 Å². The SMILES string of the molecule is C.C.C.C.CC.CCCCc1ccc([N+](=O)[O-])cc1. The van der Waals surface area contributed by atoms with Crippen molar-refractivity contribution in [1.82, 2.24) is 0 Å². The van der Waals surface area contributed by atoms with Crippen LogP contribution in [0.5, 0.6) is 0 Å². The highest BCUT2D eigenvalue weighted by Crippen LogP contribution is 2.13. The molecular weight excluding hydrogens is 238 g/mol. The molecule has 1 rings (SSSR count). The Morgan fingerprint density at radius 2 is 1.42 bits per heavy atom. The van der Waals surface area contributed by atoms with Gasteiger partial charge in [0, 0.05) is 12.1 Å². The molecule has 0 aromatic heterocycles. The molecule has 19 heavy (non-hydrogen) atoms. The summed E-state index contributed by atoms with van der Waals surface area (Å²) in [7, 11) is 0. The highest BCUT2D eigenvalue weighted by molar-refractivity contribution is 5.32. The summed E-state index contributed by atoms with van der Waals surface area (Å²) in [5.74, 6) is 0. The molecule has 0 aliphatic rings. The van der Waals surface area contributed by atoms with Gasteiger partial charge in [0.25, 0.3) is 5.69 Å². The second kappa shape index (κ2) is 19.0. The van der Waals surface area contributed by atoms with Crippen LogP contribution >= 0.6 is 0 Å². The summed E-state index contributed by atoms with van der Waals surface area (Å²) in [6.07, 6.45) is 3.29. The number of hydrogen-bond donors (Lipinski definition) is 0. The summed E-state index contributed by atoms with van der Waals surface area (Å²) in [4.78, 5) is 9.96. The van der Waals surface area contributed by atoms with Crippen molar-refractivity contribution in [3.63, 3.8) is 0 Å². The summed E-state index contributed by atoms with van der Waals surface area (Å²) in [6.45, 7) is 6.13. The highest BCUT2D eigenvalue weighted by atomic mass is 16.6. The van der Waals surface area contributed by atoms with Crippen LogP contribution in [0.15, 0.2) is 24.3 Å². The van der Waals surface area contributed by atoms with Crippen LogP contribution in [-0.2, 0) is 6.42 Å². The van der Waals surface area contributed by atoms with E-state index in [9.17, 15) is 10.1 Å². The number of nitrogens with zero attached hydrogens (tertiary/aromatic N) is 1. The molecule has 3 heteroatoms.